The van der Waals surface area contributed by atoms with Crippen LogP contribution < -0.4 is 5.32 Å². The molecule has 1 fully saturated rings. The third-order valence-electron chi connectivity index (χ3n) is 5.49. The van der Waals surface area contributed by atoms with Crippen LogP contribution in [0.2, 0.25) is 0 Å². The van der Waals surface area contributed by atoms with Gasteiger partial charge < -0.3 is 14.6 Å². The summed E-state index contributed by atoms with van der Waals surface area (Å²) in [5, 5.41) is 3.91. The number of anilines is 1. The highest BCUT2D eigenvalue weighted by Gasteiger charge is 2.32. The van der Waals surface area contributed by atoms with E-state index in [-0.39, 0.29) is 23.0 Å². The van der Waals surface area contributed by atoms with Crippen molar-refractivity contribution in [2.24, 2.45) is 0 Å². The third-order valence-corrected chi connectivity index (χ3v) is 7.32. The molecule has 1 N–H and O–H groups in total. The molecule has 0 radical (unpaired) electrons. The molecule has 2 atom stereocenters. The van der Waals surface area contributed by atoms with Crippen LogP contribution in [0, 0.1) is 0 Å². The quantitative estimate of drug-likeness (QED) is 0.655. The van der Waals surface area contributed by atoms with E-state index in [1.54, 1.807) is 12.1 Å². The topological polar surface area (TPSA) is 80.6 Å². The van der Waals surface area contributed by atoms with E-state index in [0.717, 1.165) is 17.4 Å². The monoisotopic (exact) mass is 441 g/mol. The van der Waals surface area contributed by atoms with E-state index >= 15 is 0 Å². The number of aromatic nitrogens is 1. The van der Waals surface area contributed by atoms with Crippen LogP contribution in [0.25, 0.3) is 10.9 Å². The summed E-state index contributed by atoms with van der Waals surface area (Å²) in [4.78, 5) is 12.9. The largest absolute Gasteiger partial charge is 0.373 e. The summed E-state index contributed by atoms with van der Waals surface area (Å²) in [6.45, 7) is 7.24. The van der Waals surface area contributed by atoms with Crippen LogP contribution in [0.3, 0.4) is 0 Å². The summed E-state index contributed by atoms with van der Waals surface area (Å²) >= 11 is 0. The predicted octanol–water partition coefficient (Wildman–Crippen LogP) is 3.71. The molecular formula is C23H27N3O4S. The van der Waals surface area contributed by atoms with Crippen molar-refractivity contribution in [2.75, 3.05) is 18.4 Å². The molecule has 1 amide bonds. The van der Waals surface area contributed by atoms with Crippen LogP contribution in [0.1, 0.15) is 31.1 Å². The minimum atomic E-state index is -3.72. The predicted molar refractivity (Wildman–Crippen MR) is 121 cm³/mol. The highest BCUT2D eigenvalue weighted by atomic mass is 32.2. The molecule has 1 aromatic heterocycles. The standard InChI is InChI=1S/C23H27N3O4S/c1-4-25-11-10-18-12-20(8-9-22(18)25)24-23(27)19-6-5-7-21(13-19)31(28,29)26-14-16(2)30-17(3)15-26/h5-13,16-17H,4,14-15H2,1-3H3,(H,24,27). The van der Waals surface area contributed by atoms with Gasteiger partial charge in [-0.3, -0.25) is 4.79 Å². The average molecular weight is 442 g/mol. The van der Waals surface area contributed by atoms with Gasteiger partial charge in [-0.25, -0.2) is 8.42 Å². The average Bonchev–Trinajstić information content (AvgIpc) is 3.15. The maximum absolute atomic E-state index is 13.1. The highest BCUT2D eigenvalue weighted by Crippen LogP contribution is 2.24. The molecule has 4 rings (SSSR count). The number of ether oxygens (including phenoxy) is 1. The summed E-state index contributed by atoms with van der Waals surface area (Å²) in [5.41, 5.74) is 2.06. The minimum Gasteiger partial charge on any atom is -0.373 e. The number of hydrogen-bond donors (Lipinski definition) is 1. The second-order valence-corrected chi connectivity index (χ2v) is 9.87. The molecule has 2 aromatic carbocycles. The van der Waals surface area contributed by atoms with Gasteiger partial charge in [-0.1, -0.05) is 6.07 Å². The normalized spacial score (nSPS) is 20.1. The van der Waals surface area contributed by atoms with Crippen LogP contribution in [-0.2, 0) is 21.3 Å². The molecular weight excluding hydrogens is 414 g/mol. The lowest BCUT2D eigenvalue weighted by Crippen LogP contribution is -2.48. The van der Waals surface area contributed by atoms with Crippen LogP contribution in [-0.4, -0.2) is 48.5 Å². The first-order valence-electron chi connectivity index (χ1n) is 10.4. The van der Waals surface area contributed by atoms with Gasteiger partial charge in [0.1, 0.15) is 0 Å². The van der Waals surface area contributed by atoms with Crippen molar-refractivity contribution >= 4 is 32.5 Å². The van der Waals surface area contributed by atoms with Crippen LogP contribution in [0.5, 0.6) is 0 Å². The number of fused-ring (bicyclic) bond motifs is 1. The fourth-order valence-electron chi connectivity index (χ4n) is 4.03. The zero-order chi connectivity index (χ0) is 22.2. The molecule has 7 nitrogen and oxygen atoms in total. The summed E-state index contributed by atoms with van der Waals surface area (Å²) in [6, 6.07) is 13.9. The summed E-state index contributed by atoms with van der Waals surface area (Å²) < 4.78 is 35.4. The molecule has 164 valence electrons. The Morgan fingerprint density at radius 1 is 1.10 bits per heavy atom. The van der Waals surface area contributed by atoms with Gasteiger partial charge in [-0.05, 0) is 63.2 Å². The lowest BCUT2D eigenvalue weighted by Gasteiger charge is -2.34. The Morgan fingerprint density at radius 2 is 1.84 bits per heavy atom. The number of amides is 1. The zero-order valence-corrected chi connectivity index (χ0v) is 18.7. The van der Waals surface area contributed by atoms with Crippen molar-refractivity contribution in [2.45, 2.75) is 44.4 Å². The minimum absolute atomic E-state index is 0.108. The number of morpholine rings is 1. The fraction of sp³-hybridized carbons (Fsp3) is 0.348. The van der Waals surface area contributed by atoms with Gasteiger partial charge in [0, 0.05) is 48.0 Å². The van der Waals surface area contributed by atoms with E-state index in [2.05, 4.69) is 16.8 Å². The summed E-state index contributed by atoms with van der Waals surface area (Å²) in [7, 11) is -3.72. The van der Waals surface area contributed by atoms with Crippen LogP contribution in [0.4, 0.5) is 5.69 Å². The second-order valence-electron chi connectivity index (χ2n) is 7.94. The van der Waals surface area contributed by atoms with Crippen LogP contribution >= 0.6 is 0 Å². The van der Waals surface area contributed by atoms with Gasteiger partial charge in [0.05, 0.1) is 17.1 Å². The molecule has 31 heavy (non-hydrogen) atoms. The van der Waals surface area contributed by atoms with Gasteiger partial charge in [-0.2, -0.15) is 4.31 Å². The smallest absolute Gasteiger partial charge is 0.255 e. The van der Waals surface area contributed by atoms with Crippen LogP contribution in [0.15, 0.2) is 59.6 Å². The number of rotatable bonds is 5. The Hall–Kier alpha value is -2.68. The molecule has 0 spiro atoms. The van der Waals surface area contributed by atoms with Gasteiger partial charge in [0.2, 0.25) is 10.0 Å². The molecule has 0 bridgehead atoms. The Kier molecular flexibility index (Phi) is 5.88. The molecule has 0 aliphatic carbocycles. The number of benzene rings is 2. The van der Waals surface area contributed by atoms with Crippen molar-refractivity contribution in [3.63, 3.8) is 0 Å². The van der Waals surface area contributed by atoms with Crippen molar-refractivity contribution in [1.82, 2.24) is 8.87 Å². The molecule has 3 aromatic rings. The number of sulfonamides is 1. The lowest BCUT2D eigenvalue weighted by atomic mass is 10.2. The number of hydrogen-bond acceptors (Lipinski definition) is 4. The summed E-state index contributed by atoms with van der Waals surface area (Å²) in [5.74, 6) is -0.352. The third kappa shape index (κ3) is 4.37. The molecule has 2 unspecified atom stereocenters. The van der Waals surface area contributed by atoms with Gasteiger partial charge in [-0.15, -0.1) is 0 Å². The first-order chi connectivity index (χ1) is 14.8. The molecule has 2 heterocycles. The van der Waals surface area contributed by atoms with Crippen molar-refractivity contribution < 1.29 is 17.9 Å². The van der Waals surface area contributed by atoms with Gasteiger partial charge in [0.25, 0.3) is 5.91 Å². The Balaban J connectivity index is 1.55. The molecule has 1 aliphatic heterocycles. The molecule has 1 saturated heterocycles. The lowest BCUT2D eigenvalue weighted by molar-refractivity contribution is -0.0440. The number of carbonyl (C=O) groups excluding carboxylic acids is 1. The van der Waals surface area contributed by atoms with Gasteiger partial charge in [0.15, 0.2) is 0 Å². The maximum atomic E-state index is 13.1. The fourth-order valence-corrected chi connectivity index (χ4v) is 5.67. The van der Waals surface area contributed by atoms with Gasteiger partial charge >= 0.3 is 0 Å². The highest BCUT2D eigenvalue weighted by molar-refractivity contribution is 7.89. The first-order valence-corrected chi connectivity index (χ1v) is 11.9. The number of carbonyl (C=O) groups is 1. The second kappa shape index (κ2) is 8.45. The van der Waals surface area contributed by atoms with E-state index in [9.17, 15) is 13.2 Å². The van der Waals surface area contributed by atoms with Crippen molar-refractivity contribution in [1.29, 1.82) is 0 Å². The Bertz CT molecular complexity index is 1210. The van der Waals surface area contributed by atoms with E-state index in [1.165, 1.54) is 16.4 Å². The summed E-state index contributed by atoms with van der Waals surface area (Å²) in [6.07, 6.45) is 1.66. The first kappa shape index (κ1) is 21.5. The Morgan fingerprint density at radius 3 is 2.55 bits per heavy atom. The Labute approximate surface area is 182 Å². The van der Waals surface area contributed by atoms with Crippen molar-refractivity contribution in [3.8, 4) is 0 Å². The van der Waals surface area contributed by atoms with E-state index in [1.807, 2.05) is 44.3 Å². The van der Waals surface area contributed by atoms with Crippen molar-refractivity contribution in [3.05, 3.63) is 60.3 Å². The van der Waals surface area contributed by atoms with E-state index in [4.69, 9.17) is 4.74 Å². The number of nitrogens with zero attached hydrogens (tertiary/aromatic N) is 2. The number of nitrogens with one attached hydrogen (secondary N) is 1. The van der Waals surface area contributed by atoms with E-state index in [0.29, 0.717) is 24.3 Å². The number of aryl methyl sites for hydroxylation is 1. The zero-order valence-electron chi connectivity index (χ0n) is 17.9. The maximum Gasteiger partial charge on any atom is 0.255 e. The molecule has 1 aliphatic rings. The SMILES string of the molecule is CCn1ccc2cc(NC(=O)c3cccc(S(=O)(=O)N4CC(C)OC(C)C4)c3)ccc21. The van der Waals surface area contributed by atoms with E-state index < -0.39 is 10.0 Å². The molecule has 8 heteroatoms. The molecule has 0 saturated carbocycles.